The zero-order valence-corrected chi connectivity index (χ0v) is 7.37. The van der Waals surface area contributed by atoms with E-state index in [2.05, 4.69) is 10.1 Å². The van der Waals surface area contributed by atoms with E-state index in [0.29, 0.717) is 0 Å². The Morgan fingerprint density at radius 2 is 2.27 bits per heavy atom. The number of benzene rings is 1. The third-order valence-corrected chi connectivity index (χ3v) is 1.80. The minimum atomic E-state index is -0.667. The first kappa shape index (κ1) is 9.25. The van der Waals surface area contributed by atoms with Gasteiger partial charge in [-0.25, -0.2) is 14.1 Å². The number of nitro groups is 1. The zero-order valence-electron chi connectivity index (χ0n) is 7.37. The van der Waals surface area contributed by atoms with Crippen LogP contribution in [0, 0.1) is 15.9 Å². The number of halogens is 1. The number of nitrogens with zero attached hydrogens (tertiary/aromatic N) is 4. The van der Waals surface area contributed by atoms with Crippen LogP contribution in [0.15, 0.2) is 30.9 Å². The summed E-state index contributed by atoms with van der Waals surface area (Å²) in [6.45, 7) is 0. The molecule has 0 fully saturated rings. The third kappa shape index (κ3) is 1.66. The molecule has 2 aromatic rings. The summed E-state index contributed by atoms with van der Waals surface area (Å²) in [5, 5.41) is 14.4. The Hall–Kier alpha value is -2.31. The number of nitro benzene ring substituents is 1. The van der Waals surface area contributed by atoms with Gasteiger partial charge in [0.15, 0.2) is 0 Å². The summed E-state index contributed by atoms with van der Waals surface area (Å²) in [7, 11) is 0. The van der Waals surface area contributed by atoms with Crippen molar-refractivity contribution in [3.05, 3.63) is 46.8 Å². The van der Waals surface area contributed by atoms with E-state index in [4.69, 9.17) is 0 Å². The van der Waals surface area contributed by atoms with Crippen molar-refractivity contribution >= 4 is 5.69 Å². The molecule has 0 aliphatic rings. The molecule has 0 saturated heterocycles. The molecule has 6 nitrogen and oxygen atoms in total. The van der Waals surface area contributed by atoms with Crippen LogP contribution in [0.3, 0.4) is 0 Å². The summed E-state index contributed by atoms with van der Waals surface area (Å²) in [5.74, 6) is -0.662. The van der Waals surface area contributed by atoms with E-state index >= 15 is 0 Å². The van der Waals surface area contributed by atoms with Crippen LogP contribution in [-0.2, 0) is 0 Å². The monoisotopic (exact) mass is 208 g/mol. The minimum absolute atomic E-state index is 0.180. The molecule has 0 amide bonds. The average molecular weight is 208 g/mol. The highest BCUT2D eigenvalue weighted by atomic mass is 19.1. The SMILES string of the molecule is O=[N+]([O-])c1cc(F)ccc1-n1cncn1. The lowest BCUT2D eigenvalue weighted by atomic mass is 10.2. The van der Waals surface area contributed by atoms with Crippen molar-refractivity contribution in [3.63, 3.8) is 0 Å². The Kier molecular flexibility index (Phi) is 2.13. The lowest BCUT2D eigenvalue weighted by Gasteiger charge is -2.01. The van der Waals surface area contributed by atoms with Crippen LogP contribution < -0.4 is 0 Å². The molecule has 0 radical (unpaired) electrons. The molecule has 0 unspecified atom stereocenters. The first-order valence-electron chi connectivity index (χ1n) is 3.97. The molecule has 0 atom stereocenters. The van der Waals surface area contributed by atoms with Crippen LogP contribution >= 0.6 is 0 Å². The van der Waals surface area contributed by atoms with E-state index in [1.165, 1.54) is 23.4 Å². The maximum Gasteiger partial charge on any atom is 0.297 e. The Bertz CT molecular complexity index is 497. The number of aromatic nitrogens is 3. The summed E-state index contributed by atoms with van der Waals surface area (Å²) in [4.78, 5) is 13.6. The molecule has 15 heavy (non-hydrogen) atoms. The summed E-state index contributed by atoms with van der Waals surface area (Å²) >= 11 is 0. The molecular weight excluding hydrogens is 203 g/mol. The number of hydrogen-bond acceptors (Lipinski definition) is 4. The van der Waals surface area contributed by atoms with E-state index < -0.39 is 10.7 Å². The Morgan fingerprint density at radius 3 is 2.87 bits per heavy atom. The van der Waals surface area contributed by atoms with Gasteiger partial charge in [0.05, 0.1) is 11.0 Å². The summed E-state index contributed by atoms with van der Waals surface area (Å²) in [6.07, 6.45) is 2.55. The molecule has 1 heterocycles. The minimum Gasteiger partial charge on any atom is -0.258 e. The van der Waals surface area contributed by atoms with Gasteiger partial charge in [-0.3, -0.25) is 10.1 Å². The second-order valence-electron chi connectivity index (χ2n) is 2.73. The average Bonchev–Trinajstić information content (AvgIpc) is 2.70. The number of hydrogen-bond donors (Lipinski definition) is 0. The zero-order chi connectivity index (χ0) is 10.8. The van der Waals surface area contributed by atoms with Gasteiger partial charge in [-0.15, -0.1) is 0 Å². The highest BCUT2D eigenvalue weighted by Gasteiger charge is 2.16. The highest BCUT2D eigenvalue weighted by molar-refractivity contribution is 5.51. The van der Waals surface area contributed by atoms with Gasteiger partial charge >= 0.3 is 0 Å². The predicted molar refractivity (Wildman–Crippen MR) is 48.0 cm³/mol. The van der Waals surface area contributed by atoms with Crippen molar-refractivity contribution in [2.75, 3.05) is 0 Å². The molecule has 0 bridgehead atoms. The molecule has 7 heteroatoms. The fourth-order valence-corrected chi connectivity index (χ4v) is 1.17. The van der Waals surface area contributed by atoms with E-state index in [-0.39, 0.29) is 11.4 Å². The summed E-state index contributed by atoms with van der Waals surface area (Å²) in [5.41, 5.74) is -0.167. The molecule has 0 saturated carbocycles. The second-order valence-corrected chi connectivity index (χ2v) is 2.73. The van der Waals surface area contributed by atoms with Crippen molar-refractivity contribution in [1.29, 1.82) is 0 Å². The van der Waals surface area contributed by atoms with Crippen LogP contribution in [0.5, 0.6) is 0 Å². The Labute approximate surface area is 83.1 Å². The van der Waals surface area contributed by atoms with Crippen molar-refractivity contribution < 1.29 is 9.31 Å². The Balaban J connectivity index is 2.61. The van der Waals surface area contributed by atoms with Crippen LogP contribution in [0.4, 0.5) is 10.1 Å². The molecular formula is C8H5FN4O2. The van der Waals surface area contributed by atoms with Crippen molar-refractivity contribution in [2.24, 2.45) is 0 Å². The van der Waals surface area contributed by atoms with E-state index in [0.717, 1.165) is 12.1 Å². The molecule has 0 spiro atoms. The van der Waals surface area contributed by atoms with E-state index in [1.807, 2.05) is 0 Å². The van der Waals surface area contributed by atoms with Gasteiger partial charge in [-0.2, -0.15) is 5.10 Å². The smallest absolute Gasteiger partial charge is 0.258 e. The topological polar surface area (TPSA) is 73.8 Å². The van der Waals surface area contributed by atoms with Gasteiger partial charge in [0.1, 0.15) is 24.2 Å². The van der Waals surface area contributed by atoms with Gasteiger partial charge in [-0.1, -0.05) is 0 Å². The van der Waals surface area contributed by atoms with Crippen molar-refractivity contribution in [2.45, 2.75) is 0 Å². The van der Waals surface area contributed by atoms with Gasteiger partial charge in [-0.05, 0) is 12.1 Å². The molecule has 0 aliphatic carbocycles. The number of rotatable bonds is 2. The fourth-order valence-electron chi connectivity index (χ4n) is 1.17. The quantitative estimate of drug-likeness (QED) is 0.551. The molecule has 2 rings (SSSR count). The van der Waals surface area contributed by atoms with Gasteiger partial charge < -0.3 is 0 Å². The predicted octanol–water partition coefficient (Wildman–Crippen LogP) is 1.31. The summed E-state index contributed by atoms with van der Waals surface area (Å²) < 4.78 is 14.0. The summed E-state index contributed by atoms with van der Waals surface area (Å²) in [6, 6.07) is 3.25. The lowest BCUT2D eigenvalue weighted by Crippen LogP contribution is -2.01. The lowest BCUT2D eigenvalue weighted by molar-refractivity contribution is -0.384. The fraction of sp³-hybridized carbons (Fsp3) is 0. The highest BCUT2D eigenvalue weighted by Crippen LogP contribution is 2.22. The van der Waals surface area contributed by atoms with Crippen LogP contribution in [0.25, 0.3) is 5.69 Å². The van der Waals surface area contributed by atoms with Crippen molar-refractivity contribution in [3.8, 4) is 5.69 Å². The van der Waals surface area contributed by atoms with Crippen molar-refractivity contribution in [1.82, 2.24) is 14.8 Å². The Morgan fingerprint density at radius 1 is 1.47 bits per heavy atom. The molecule has 1 aromatic carbocycles. The maximum absolute atomic E-state index is 12.8. The second kappa shape index (κ2) is 3.45. The van der Waals surface area contributed by atoms with Gasteiger partial charge in [0.2, 0.25) is 0 Å². The maximum atomic E-state index is 12.8. The van der Waals surface area contributed by atoms with Crippen LogP contribution in [0.1, 0.15) is 0 Å². The third-order valence-electron chi connectivity index (χ3n) is 1.80. The first-order chi connectivity index (χ1) is 7.18. The van der Waals surface area contributed by atoms with E-state index in [1.54, 1.807) is 0 Å². The van der Waals surface area contributed by atoms with Gasteiger partial charge in [0, 0.05) is 0 Å². The first-order valence-corrected chi connectivity index (χ1v) is 3.97. The van der Waals surface area contributed by atoms with Crippen LogP contribution in [-0.4, -0.2) is 19.7 Å². The normalized spacial score (nSPS) is 10.2. The van der Waals surface area contributed by atoms with Crippen LogP contribution in [0.2, 0.25) is 0 Å². The standard InChI is InChI=1S/C8H5FN4O2/c9-6-1-2-7(8(3-6)13(14)15)12-5-10-4-11-12/h1-5H. The molecule has 76 valence electrons. The largest absolute Gasteiger partial charge is 0.297 e. The molecule has 1 aromatic heterocycles. The van der Waals surface area contributed by atoms with Gasteiger partial charge in [0.25, 0.3) is 5.69 Å². The molecule has 0 N–H and O–H groups in total. The van der Waals surface area contributed by atoms with E-state index in [9.17, 15) is 14.5 Å². The molecule has 0 aliphatic heterocycles.